The predicted octanol–water partition coefficient (Wildman–Crippen LogP) is 2.65. The van der Waals surface area contributed by atoms with Gasteiger partial charge in [0, 0.05) is 24.0 Å². The molecule has 0 atom stereocenters. The molecule has 0 spiro atoms. The molecule has 1 N–H and O–H groups in total. The number of hydrogen-bond donors (Lipinski definition) is 1. The van der Waals surface area contributed by atoms with Gasteiger partial charge in [-0.25, -0.2) is 0 Å². The first-order valence-corrected chi connectivity index (χ1v) is 9.21. The molecule has 0 aliphatic carbocycles. The van der Waals surface area contributed by atoms with E-state index in [0.29, 0.717) is 10.7 Å². The van der Waals surface area contributed by atoms with Gasteiger partial charge in [-0.15, -0.1) is 0 Å². The van der Waals surface area contributed by atoms with Crippen LogP contribution >= 0.6 is 11.6 Å². The summed E-state index contributed by atoms with van der Waals surface area (Å²) in [4.78, 5) is 26.8. The molecule has 0 unspecified atom stereocenters. The smallest absolute Gasteiger partial charge is 0.272 e. The van der Waals surface area contributed by atoms with Crippen LogP contribution in [0.5, 0.6) is 0 Å². The number of carbonyl (C=O) groups is 2. The van der Waals surface area contributed by atoms with Crippen molar-refractivity contribution in [3.63, 3.8) is 0 Å². The van der Waals surface area contributed by atoms with E-state index in [-0.39, 0.29) is 31.0 Å². The summed E-state index contributed by atoms with van der Waals surface area (Å²) >= 11 is 6.04. The van der Waals surface area contributed by atoms with Crippen molar-refractivity contribution in [2.24, 2.45) is 7.05 Å². The van der Waals surface area contributed by atoms with Gasteiger partial charge in [0.05, 0.1) is 11.8 Å². The highest BCUT2D eigenvalue weighted by Crippen LogP contribution is 2.22. The van der Waals surface area contributed by atoms with E-state index in [1.54, 1.807) is 31.3 Å². The van der Waals surface area contributed by atoms with Crippen LogP contribution in [0.2, 0.25) is 5.02 Å². The third-order valence-electron chi connectivity index (χ3n) is 4.12. The van der Waals surface area contributed by atoms with Gasteiger partial charge in [0.15, 0.2) is 0 Å². The molecule has 1 aromatic heterocycles. The molecule has 0 saturated heterocycles. The Morgan fingerprint density at radius 2 is 2.04 bits per heavy atom. The summed E-state index contributed by atoms with van der Waals surface area (Å²) in [5.74, 6) is -0.729. The molecule has 0 bridgehead atoms. The van der Waals surface area contributed by atoms with Crippen LogP contribution in [0.25, 0.3) is 0 Å². The number of halogens is 1. The number of aryl methyl sites for hydroxylation is 1. The summed E-state index contributed by atoms with van der Waals surface area (Å²) in [6, 6.07) is 10.7. The fourth-order valence-corrected chi connectivity index (χ4v) is 2.83. The summed E-state index contributed by atoms with van der Waals surface area (Å²) in [5.41, 5.74) is 1.76. The average molecular weight is 402 g/mol. The van der Waals surface area contributed by atoms with Gasteiger partial charge in [-0.2, -0.15) is 10.4 Å². The molecule has 2 amide bonds. The Morgan fingerprint density at radius 3 is 2.61 bits per heavy atom. The summed E-state index contributed by atoms with van der Waals surface area (Å²) in [6.45, 7) is 5.96. The van der Waals surface area contributed by atoms with E-state index < -0.39 is 5.91 Å². The second-order valence-corrected chi connectivity index (χ2v) is 7.95. The van der Waals surface area contributed by atoms with Gasteiger partial charge < -0.3 is 10.2 Å². The number of rotatable bonds is 6. The number of nitrogens with one attached hydrogen (secondary N) is 1. The SMILES string of the molecule is Cn1nc(C(C)(C)C)cc1C(=O)N(CC(=O)NCC#N)Cc1cccc(Cl)c1. The molecule has 2 rings (SSSR count). The maximum atomic E-state index is 13.2. The third kappa shape index (κ3) is 5.57. The van der Waals surface area contributed by atoms with Gasteiger partial charge in [0.25, 0.3) is 5.91 Å². The van der Waals surface area contributed by atoms with Gasteiger partial charge in [-0.05, 0) is 23.8 Å². The fourth-order valence-electron chi connectivity index (χ4n) is 2.62. The van der Waals surface area contributed by atoms with E-state index in [2.05, 4.69) is 10.4 Å². The normalized spacial score (nSPS) is 11.0. The minimum absolute atomic E-state index is 0.113. The molecule has 148 valence electrons. The minimum Gasteiger partial charge on any atom is -0.341 e. The van der Waals surface area contributed by atoms with E-state index in [1.165, 1.54) is 9.58 Å². The van der Waals surface area contributed by atoms with Crippen molar-refractivity contribution in [1.82, 2.24) is 20.0 Å². The first kappa shape index (κ1) is 21.5. The van der Waals surface area contributed by atoms with Gasteiger partial charge in [0.2, 0.25) is 5.91 Å². The molecule has 0 saturated carbocycles. The van der Waals surface area contributed by atoms with Gasteiger partial charge in [-0.3, -0.25) is 14.3 Å². The zero-order chi connectivity index (χ0) is 20.9. The highest BCUT2D eigenvalue weighted by atomic mass is 35.5. The van der Waals surface area contributed by atoms with E-state index >= 15 is 0 Å². The van der Waals surface area contributed by atoms with E-state index in [1.807, 2.05) is 32.9 Å². The van der Waals surface area contributed by atoms with Crippen molar-refractivity contribution in [2.75, 3.05) is 13.1 Å². The lowest BCUT2D eigenvalue weighted by Gasteiger charge is -2.22. The zero-order valence-electron chi connectivity index (χ0n) is 16.5. The molecule has 7 nitrogen and oxygen atoms in total. The summed E-state index contributed by atoms with van der Waals surface area (Å²) in [7, 11) is 1.70. The molecule has 0 aliphatic heterocycles. The molecule has 1 aromatic carbocycles. The zero-order valence-corrected chi connectivity index (χ0v) is 17.2. The highest BCUT2D eigenvalue weighted by Gasteiger charge is 2.26. The van der Waals surface area contributed by atoms with Gasteiger partial charge in [0.1, 0.15) is 18.8 Å². The van der Waals surface area contributed by atoms with Crippen molar-refractivity contribution in [2.45, 2.75) is 32.7 Å². The molecular weight excluding hydrogens is 378 g/mol. The van der Waals surface area contributed by atoms with E-state index in [4.69, 9.17) is 16.9 Å². The molecule has 28 heavy (non-hydrogen) atoms. The molecule has 1 heterocycles. The van der Waals surface area contributed by atoms with Crippen molar-refractivity contribution < 1.29 is 9.59 Å². The Hall–Kier alpha value is -2.85. The van der Waals surface area contributed by atoms with Crippen LogP contribution in [-0.2, 0) is 23.8 Å². The maximum absolute atomic E-state index is 13.2. The Labute approximate surface area is 169 Å². The number of nitrogens with zero attached hydrogens (tertiary/aromatic N) is 4. The average Bonchev–Trinajstić information content (AvgIpc) is 3.01. The van der Waals surface area contributed by atoms with Crippen LogP contribution in [0.15, 0.2) is 30.3 Å². The molecule has 2 aromatic rings. The fraction of sp³-hybridized carbons (Fsp3) is 0.400. The number of aromatic nitrogens is 2. The van der Waals surface area contributed by atoms with Crippen LogP contribution < -0.4 is 5.32 Å². The van der Waals surface area contributed by atoms with Crippen LogP contribution in [0, 0.1) is 11.3 Å². The molecule has 0 fully saturated rings. The topological polar surface area (TPSA) is 91.0 Å². The molecule has 0 radical (unpaired) electrons. The number of nitriles is 1. The molecule has 0 aliphatic rings. The first-order valence-electron chi connectivity index (χ1n) is 8.83. The number of benzene rings is 1. The second kappa shape index (κ2) is 8.89. The van der Waals surface area contributed by atoms with Crippen LogP contribution in [0.3, 0.4) is 0 Å². The quantitative estimate of drug-likeness (QED) is 0.753. The third-order valence-corrected chi connectivity index (χ3v) is 4.35. The molecule has 8 heteroatoms. The lowest BCUT2D eigenvalue weighted by molar-refractivity contribution is -0.121. The summed E-state index contributed by atoms with van der Waals surface area (Å²) < 4.78 is 1.53. The van der Waals surface area contributed by atoms with Crippen molar-refractivity contribution in [3.8, 4) is 6.07 Å². The Balaban J connectivity index is 2.32. The molecular formula is C20H24ClN5O2. The van der Waals surface area contributed by atoms with Crippen LogP contribution in [0.4, 0.5) is 0 Å². The lowest BCUT2D eigenvalue weighted by Crippen LogP contribution is -2.41. The monoisotopic (exact) mass is 401 g/mol. The van der Waals surface area contributed by atoms with E-state index in [0.717, 1.165) is 11.3 Å². The van der Waals surface area contributed by atoms with Crippen LogP contribution in [0.1, 0.15) is 42.5 Å². The second-order valence-electron chi connectivity index (χ2n) is 7.51. The Kier molecular flexibility index (Phi) is 6.81. The van der Waals surface area contributed by atoms with Gasteiger partial charge >= 0.3 is 0 Å². The van der Waals surface area contributed by atoms with Crippen molar-refractivity contribution >= 4 is 23.4 Å². The van der Waals surface area contributed by atoms with Crippen molar-refractivity contribution in [3.05, 3.63) is 52.3 Å². The number of carbonyl (C=O) groups excluding carboxylic acids is 2. The van der Waals surface area contributed by atoms with Gasteiger partial charge in [-0.1, -0.05) is 44.5 Å². The minimum atomic E-state index is -0.407. The van der Waals surface area contributed by atoms with E-state index in [9.17, 15) is 9.59 Å². The highest BCUT2D eigenvalue weighted by molar-refractivity contribution is 6.30. The van der Waals surface area contributed by atoms with Crippen molar-refractivity contribution in [1.29, 1.82) is 5.26 Å². The maximum Gasteiger partial charge on any atom is 0.272 e. The largest absolute Gasteiger partial charge is 0.341 e. The standard InChI is InChI=1S/C20H24ClN5O2/c1-20(2,3)17-11-16(25(4)24-17)19(28)26(13-18(27)23-9-8-22)12-14-6-5-7-15(21)10-14/h5-7,10-11H,9,12-13H2,1-4H3,(H,23,27). The Morgan fingerprint density at radius 1 is 1.32 bits per heavy atom. The number of hydrogen-bond acceptors (Lipinski definition) is 4. The predicted molar refractivity (Wildman–Crippen MR) is 107 cm³/mol. The Bertz CT molecular complexity index is 908. The van der Waals surface area contributed by atoms with Crippen LogP contribution in [-0.4, -0.2) is 39.6 Å². The lowest BCUT2D eigenvalue weighted by atomic mass is 9.92. The summed E-state index contributed by atoms with van der Waals surface area (Å²) in [5, 5.41) is 16.1. The summed E-state index contributed by atoms with van der Waals surface area (Å²) in [6.07, 6.45) is 0. The number of amides is 2. The first-order chi connectivity index (χ1) is 13.1.